The molecule has 0 aliphatic carbocycles. The van der Waals surface area contributed by atoms with Crippen LogP contribution in [-0.2, 0) is 4.74 Å². The molecule has 3 heterocycles. The molecule has 28 heavy (non-hydrogen) atoms. The molecule has 1 fully saturated rings. The number of ether oxygens (including phenoxy) is 1. The largest absolute Gasteiger partial charge is 0.447 e. The first-order valence-corrected chi connectivity index (χ1v) is 8.92. The van der Waals surface area contributed by atoms with Crippen molar-refractivity contribution in [2.75, 3.05) is 23.4 Å². The molecule has 1 aromatic carbocycles. The molecule has 144 valence electrons. The molecule has 1 N–H and O–H groups in total. The van der Waals surface area contributed by atoms with Gasteiger partial charge in [0.15, 0.2) is 5.82 Å². The normalized spacial score (nSPS) is 13.7. The molecule has 4 rings (SSSR count). The van der Waals surface area contributed by atoms with Gasteiger partial charge < -0.3 is 14.6 Å². The Balaban J connectivity index is 1.53. The van der Waals surface area contributed by atoms with Gasteiger partial charge >= 0.3 is 6.09 Å². The van der Waals surface area contributed by atoms with Crippen molar-refractivity contribution in [1.29, 1.82) is 0 Å². The number of nitrogens with zero attached hydrogens (tertiary/aromatic N) is 3. The number of aryl methyl sites for hydroxylation is 2. The molecule has 2 aromatic heterocycles. The predicted octanol–water partition coefficient (Wildman–Crippen LogP) is 3.60. The zero-order valence-electron chi connectivity index (χ0n) is 15.9. The maximum Gasteiger partial charge on any atom is 0.414 e. The molecule has 0 saturated carbocycles. The van der Waals surface area contributed by atoms with Crippen LogP contribution in [0.4, 0.5) is 16.2 Å². The number of cyclic esters (lactones) is 1. The maximum absolute atomic E-state index is 12.8. The van der Waals surface area contributed by atoms with Gasteiger partial charge in [0.2, 0.25) is 0 Å². The fourth-order valence-corrected chi connectivity index (χ4v) is 3.35. The second-order valence-electron chi connectivity index (χ2n) is 6.68. The number of aromatic nitrogens is 2. The van der Waals surface area contributed by atoms with Crippen molar-refractivity contribution in [1.82, 2.24) is 9.72 Å². The van der Waals surface area contributed by atoms with E-state index in [0.29, 0.717) is 36.0 Å². The first kappa shape index (κ1) is 17.8. The van der Waals surface area contributed by atoms with Crippen molar-refractivity contribution >= 4 is 23.4 Å². The van der Waals surface area contributed by atoms with Crippen LogP contribution >= 0.6 is 0 Å². The van der Waals surface area contributed by atoms with Crippen LogP contribution in [0.1, 0.15) is 27.5 Å². The van der Waals surface area contributed by atoms with E-state index in [2.05, 4.69) is 10.5 Å². The molecule has 0 atom stereocenters. The Morgan fingerprint density at radius 1 is 1.14 bits per heavy atom. The second kappa shape index (κ2) is 6.88. The summed E-state index contributed by atoms with van der Waals surface area (Å²) in [6, 6.07) is 10.7. The quantitative estimate of drug-likeness (QED) is 0.747. The third-order valence-electron chi connectivity index (χ3n) is 4.72. The third-order valence-corrected chi connectivity index (χ3v) is 4.72. The van der Waals surface area contributed by atoms with E-state index in [1.54, 1.807) is 29.2 Å². The Labute approximate surface area is 161 Å². The Morgan fingerprint density at radius 3 is 2.50 bits per heavy atom. The van der Waals surface area contributed by atoms with E-state index in [1.165, 1.54) is 0 Å². The number of carbonyl (C=O) groups is 2. The van der Waals surface area contributed by atoms with Crippen LogP contribution in [-0.4, -0.2) is 34.9 Å². The first-order valence-electron chi connectivity index (χ1n) is 8.92. The standard InChI is InChI=1S/C20H20N4O4/c1-12-10-17(14(3)24(12)18-11-13(2)28-22-18)19(25)21-15-4-6-16(7-5-15)23-8-9-27-20(23)26/h4-7,10-11H,8-9H2,1-3H3,(H,21,25). The SMILES string of the molecule is Cc1cc(-n2c(C)cc(C(=O)Nc3ccc(N4CCOC4=O)cc3)c2C)no1. The molecular formula is C20H20N4O4. The van der Waals surface area contributed by atoms with Crippen molar-refractivity contribution in [2.24, 2.45) is 0 Å². The van der Waals surface area contributed by atoms with Gasteiger partial charge in [0.25, 0.3) is 5.91 Å². The van der Waals surface area contributed by atoms with Crippen LogP contribution in [0.5, 0.6) is 0 Å². The first-order chi connectivity index (χ1) is 13.4. The van der Waals surface area contributed by atoms with Gasteiger partial charge in [-0.1, -0.05) is 5.16 Å². The smallest absolute Gasteiger partial charge is 0.414 e. The van der Waals surface area contributed by atoms with Crippen LogP contribution in [0.15, 0.2) is 40.9 Å². The molecule has 0 unspecified atom stereocenters. The van der Waals surface area contributed by atoms with Crippen molar-refractivity contribution < 1.29 is 18.8 Å². The summed E-state index contributed by atoms with van der Waals surface area (Å²) in [5.74, 6) is 1.14. The minimum Gasteiger partial charge on any atom is -0.447 e. The lowest BCUT2D eigenvalue weighted by Crippen LogP contribution is -2.23. The number of nitrogens with one attached hydrogen (secondary N) is 1. The van der Waals surface area contributed by atoms with Gasteiger partial charge in [0.05, 0.1) is 12.1 Å². The highest BCUT2D eigenvalue weighted by Gasteiger charge is 2.23. The second-order valence-corrected chi connectivity index (χ2v) is 6.68. The Bertz CT molecular complexity index is 1050. The van der Waals surface area contributed by atoms with E-state index < -0.39 is 0 Å². The molecule has 1 aliphatic heterocycles. The van der Waals surface area contributed by atoms with Crippen molar-refractivity contribution in [3.05, 3.63) is 59.1 Å². The number of hydrogen-bond acceptors (Lipinski definition) is 5. The lowest BCUT2D eigenvalue weighted by Gasteiger charge is -2.13. The topological polar surface area (TPSA) is 89.6 Å². The summed E-state index contributed by atoms with van der Waals surface area (Å²) in [6.45, 7) is 6.52. The van der Waals surface area contributed by atoms with E-state index in [4.69, 9.17) is 9.26 Å². The van der Waals surface area contributed by atoms with Gasteiger partial charge in [-0.2, -0.15) is 0 Å². The lowest BCUT2D eigenvalue weighted by molar-refractivity contribution is 0.102. The van der Waals surface area contributed by atoms with E-state index in [0.717, 1.165) is 17.1 Å². The van der Waals surface area contributed by atoms with Gasteiger partial charge in [0.1, 0.15) is 12.4 Å². The molecule has 2 amide bonds. The number of benzene rings is 1. The number of hydrogen-bond donors (Lipinski definition) is 1. The van der Waals surface area contributed by atoms with Crippen LogP contribution < -0.4 is 10.2 Å². The van der Waals surface area contributed by atoms with Crippen molar-refractivity contribution in [2.45, 2.75) is 20.8 Å². The lowest BCUT2D eigenvalue weighted by atomic mass is 10.2. The average molecular weight is 380 g/mol. The summed E-state index contributed by atoms with van der Waals surface area (Å²) in [5.41, 5.74) is 3.60. The van der Waals surface area contributed by atoms with Crippen molar-refractivity contribution in [3.8, 4) is 5.82 Å². The van der Waals surface area contributed by atoms with Gasteiger partial charge in [-0.05, 0) is 51.1 Å². The Morgan fingerprint density at radius 2 is 1.89 bits per heavy atom. The minimum absolute atomic E-state index is 0.215. The van der Waals surface area contributed by atoms with Crippen LogP contribution in [0.2, 0.25) is 0 Å². The average Bonchev–Trinajstić information content (AvgIpc) is 3.35. The van der Waals surface area contributed by atoms with Gasteiger partial charge in [-0.15, -0.1) is 0 Å². The number of carbonyl (C=O) groups excluding carboxylic acids is 2. The van der Waals surface area contributed by atoms with E-state index in [-0.39, 0.29) is 12.0 Å². The molecule has 0 bridgehead atoms. The zero-order chi connectivity index (χ0) is 19.8. The van der Waals surface area contributed by atoms with E-state index in [9.17, 15) is 9.59 Å². The summed E-state index contributed by atoms with van der Waals surface area (Å²) >= 11 is 0. The molecule has 8 nitrogen and oxygen atoms in total. The van der Waals surface area contributed by atoms with E-state index in [1.807, 2.05) is 37.5 Å². The third kappa shape index (κ3) is 3.13. The van der Waals surface area contributed by atoms with Crippen molar-refractivity contribution in [3.63, 3.8) is 0 Å². The maximum atomic E-state index is 12.8. The van der Waals surface area contributed by atoms with Crippen LogP contribution in [0.3, 0.4) is 0 Å². The highest BCUT2D eigenvalue weighted by atomic mass is 16.6. The summed E-state index contributed by atoms with van der Waals surface area (Å²) in [5, 5.41) is 6.93. The number of anilines is 2. The molecule has 3 aromatic rings. The molecule has 0 spiro atoms. The molecule has 8 heteroatoms. The summed E-state index contributed by atoms with van der Waals surface area (Å²) in [4.78, 5) is 26.0. The molecular weight excluding hydrogens is 360 g/mol. The molecule has 1 aliphatic rings. The predicted molar refractivity (Wildman–Crippen MR) is 103 cm³/mol. The highest BCUT2D eigenvalue weighted by Crippen LogP contribution is 2.24. The molecule has 1 saturated heterocycles. The van der Waals surface area contributed by atoms with Gasteiger partial charge in [-0.3, -0.25) is 14.3 Å². The summed E-state index contributed by atoms with van der Waals surface area (Å²) < 4.78 is 12.0. The zero-order valence-corrected chi connectivity index (χ0v) is 15.9. The Kier molecular flexibility index (Phi) is 4.38. The Hall–Kier alpha value is -3.55. The number of rotatable bonds is 4. The summed E-state index contributed by atoms with van der Waals surface area (Å²) in [7, 11) is 0. The minimum atomic E-state index is -0.354. The number of amides is 2. The fraction of sp³-hybridized carbons (Fsp3) is 0.250. The fourth-order valence-electron chi connectivity index (χ4n) is 3.35. The van der Waals surface area contributed by atoms with Gasteiger partial charge in [-0.25, -0.2) is 4.79 Å². The van der Waals surface area contributed by atoms with Gasteiger partial charge in [0, 0.05) is 28.8 Å². The molecule has 0 radical (unpaired) electrons. The van der Waals surface area contributed by atoms with E-state index >= 15 is 0 Å². The van der Waals surface area contributed by atoms with Crippen LogP contribution in [0.25, 0.3) is 5.82 Å². The monoisotopic (exact) mass is 380 g/mol. The van der Waals surface area contributed by atoms with Crippen LogP contribution in [0, 0.1) is 20.8 Å². The highest BCUT2D eigenvalue weighted by molar-refractivity contribution is 6.05. The summed E-state index contributed by atoms with van der Waals surface area (Å²) in [6.07, 6.45) is -0.354.